The van der Waals surface area contributed by atoms with Crippen LogP contribution < -0.4 is 10.4 Å². The van der Waals surface area contributed by atoms with Crippen LogP contribution in [0.25, 0.3) is 5.57 Å². The van der Waals surface area contributed by atoms with E-state index < -0.39 is 19.0 Å². The Morgan fingerprint density at radius 1 is 0.865 bits per heavy atom. The monoisotopic (exact) mass is 513 g/mol. The molecule has 0 saturated carbocycles. The molecule has 4 nitrogen and oxygen atoms in total. The number of rotatable bonds is 7. The van der Waals surface area contributed by atoms with Gasteiger partial charge in [-0.25, -0.2) is 4.79 Å². The van der Waals surface area contributed by atoms with Crippen LogP contribution in [0.2, 0.25) is 5.04 Å². The molecule has 1 heterocycles. The molecule has 0 saturated heterocycles. The third kappa shape index (κ3) is 5.89. The quantitative estimate of drug-likeness (QED) is 0.394. The van der Waals surface area contributed by atoms with Crippen LogP contribution >= 0.6 is 0 Å². The summed E-state index contributed by atoms with van der Waals surface area (Å²) in [6.45, 7) is 10.6. The molecule has 5 heteroatoms. The van der Waals surface area contributed by atoms with Gasteiger partial charge in [0.05, 0.1) is 6.04 Å². The lowest BCUT2D eigenvalue weighted by molar-refractivity contribution is 0.0236. The van der Waals surface area contributed by atoms with E-state index in [1.54, 1.807) is 0 Å². The standard InChI is InChI=1S/C32H39NO3Si/c1-31(2,3)36-30(34)33-24-26(25-15-9-6-10-16-25)23-27(33)21-22-32(4,5)37(35,28-17-11-7-12-18-28)29-19-13-8-14-20-29/h6-20,23,27,35H,21-22,24H2,1-5H3/t27-/m1/s1. The summed E-state index contributed by atoms with van der Waals surface area (Å²) in [6, 6.07) is 30.3. The lowest BCUT2D eigenvalue weighted by atomic mass is 10.0. The van der Waals surface area contributed by atoms with Crippen molar-refractivity contribution in [3.8, 4) is 0 Å². The van der Waals surface area contributed by atoms with Gasteiger partial charge < -0.3 is 9.53 Å². The fourth-order valence-corrected chi connectivity index (χ4v) is 9.02. The first kappa shape index (κ1) is 26.9. The smallest absolute Gasteiger partial charge is 0.411 e. The molecule has 1 aliphatic rings. The molecule has 0 aliphatic carbocycles. The number of nitrogens with zero attached hydrogens (tertiary/aromatic N) is 1. The van der Waals surface area contributed by atoms with E-state index in [1.807, 2.05) is 80.3 Å². The van der Waals surface area contributed by atoms with E-state index in [-0.39, 0.29) is 12.1 Å². The van der Waals surface area contributed by atoms with Crippen LogP contribution in [-0.4, -0.2) is 42.3 Å². The van der Waals surface area contributed by atoms with Gasteiger partial charge in [0.1, 0.15) is 5.60 Å². The number of hydrogen-bond donors (Lipinski definition) is 1. The Kier molecular flexibility index (Phi) is 7.76. The molecule has 37 heavy (non-hydrogen) atoms. The third-order valence-electron chi connectivity index (χ3n) is 7.33. The van der Waals surface area contributed by atoms with E-state index >= 15 is 0 Å². The summed E-state index contributed by atoms with van der Waals surface area (Å²) >= 11 is 0. The summed E-state index contributed by atoms with van der Waals surface area (Å²) in [6.07, 6.45) is 3.40. The molecule has 0 fully saturated rings. The number of benzene rings is 3. The first-order chi connectivity index (χ1) is 17.5. The van der Waals surface area contributed by atoms with Crippen LogP contribution in [-0.2, 0) is 4.74 Å². The highest BCUT2D eigenvalue weighted by atomic mass is 28.4. The van der Waals surface area contributed by atoms with Crippen LogP contribution in [0.1, 0.15) is 53.0 Å². The highest BCUT2D eigenvalue weighted by Gasteiger charge is 2.50. The number of ether oxygens (including phenoxy) is 1. The summed E-state index contributed by atoms with van der Waals surface area (Å²) < 4.78 is 5.79. The molecule has 0 radical (unpaired) electrons. The molecule has 3 aromatic carbocycles. The van der Waals surface area contributed by atoms with Gasteiger partial charge in [-0.3, -0.25) is 4.90 Å². The first-order valence-electron chi connectivity index (χ1n) is 13.1. The van der Waals surface area contributed by atoms with Gasteiger partial charge in [0.25, 0.3) is 8.32 Å². The van der Waals surface area contributed by atoms with Crippen molar-refractivity contribution in [3.63, 3.8) is 0 Å². The van der Waals surface area contributed by atoms with Crippen molar-refractivity contribution in [2.24, 2.45) is 0 Å². The first-order valence-corrected chi connectivity index (χ1v) is 15.1. The lowest BCUT2D eigenvalue weighted by Gasteiger charge is -2.42. The summed E-state index contributed by atoms with van der Waals surface area (Å²) in [7, 11) is -3.12. The van der Waals surface area contributed by atoms with Crippen LogP contribution in [0.3, 0.4) is 0 Å². The van der Waals surface area contributed by atoms with Gasteiger partial charge in [-0.1, -0.05) is 111 Å². The average Bonchev–Trinajstić information content (AvgIpc) is 3.32. The molecule has 1 aliphatic heterocycles. The van der Waals surface area contributed by atoms with E-state index in [1.165, 1.54) is 0 Å². The number of carbonyl (C=O) groups excluding carboxylic acids is 1. The largest absolute Gasteiger partial charge is 0.444 e. The van der Waals surface area contributed by atoms with Crippen molar-refractivity contribution in [1.82, 2.24) is 4.90 Å². The zero-order valence-electron chi connectivity index (χ0n) is 22.6. The SMILES string of the molecule is CC(C)(C)OC(=O)N1CC(c2ccccc2)=C[C@H]1CCC(C)(C)[Si](O)(c1ccccc1)c1ccccc1. The maximum atomic E-state index is 13.2. The Morgan fingerprint density at radius 2 is 1.35 bits per heavy atom. The minimum absolute atomic E-state index is 0.103. The summed E-state index contributed by atoms with van der Waals surface area (Å²) in [5.74, 6) is 0. The molecule has 194 valence electrons. The van der Waals surface area contributed by atoms with E-state index in [2.05, 4.69) is 56.3 Å². The molecule has 0 bridgehead atoms. The van der Waals surface area contributed by atoms with Crippen LogP contribution in [0.4, 0.5) is 4.79 Å². The molecule has 3 aromatic rings. The second-order valence-electron chi connectivity index (χ2n) is 11.6. The molecule has 1 N–H and O–H groups in total. The van der Waals surface area contributed by atoms with Gasteiger partial charge in [-0.05, 0) is 60.2 Å². The van der Waals surface area contributed by atoms with Gasteiger partial charge in [0, 0.05) is 6.54 Å². The predicted molar refractivity (Wildman–Crippen MR) is 155 cm³/mol. The predicted octanol–water partition coefficient (Wildman–Crippen LogP) is 6.00. The highest BCUT2D eigenvalue weighted by Crippen LogP contribution is 2.42. The maximum Gasteiger partial charge on any atom is 0.411 e. The lowest BCUT2D eigenvalue weighted by Crippen LogP contribution is -2.65. The Balaban J connectivity index is 1.64. The molecule has 1 atom stereocenters. The Morgan fingerprint density at radius 3 is 1.84 bits per heavy atom. The van der Waals surface area contributed by atoms with Crippen molar-refractivity contribution in [2.45, 2.75) is 64.1 Å². The fraction of sp³-hybridized carbons (Fsp3) is 0.344. The van der Waals surface area contributed by atoms with Crippen molar-refractivity contribution < 1.29 is 14.3 Å². The summed E-state index contributed by atoms with van der Waals surface area (Å²) in [5.41, 5.74) is 1.69. The zero-order chi connectivity index (χ0) is 26.7. The van der Waals surface area contributed by atoms with Gasteiger partial charge in [0.15, 0.2) is 0 Å². The van der Waals surface area contributed by atoms with E-state index in [4.69, 9.17) is 4.74 Å². The molecular weight excluding hydrogens is 474 g/mol. The van der Waals surface area contributed by atoms with Gasteiger partial charge in [-0.15, -0.1) is 0 Å². The Bertz CT molecular complexity index is 1180. The van der Waals surface area contributed by atoms with E-state index in [0.717, 1.165) is 34.4 Å². The van der Waals surface area contributed by atoms with Crippen LogP contribution in [0, 0.1) is 0 Å². The van der Waals surface area contributed by atoms with Gasteiger partial charge >= 0.3 is 6.09 Å². The maximum absolute atomic E-state index is 13.2. The van der Waals surface area contributed by atoms with Crippen molar-refractivity contribution in [2.75, 3.05) is 6.54 Å². The molecular formula is C32H39NO3Si. The third-order valence-corrected chi connectivity index (χ3v) is 11.9. The van der Waals surface area contributed by atoms with Crippen molar-refractivity contribution >= 4 is 30.4 Å². The number of carbonyl (C=O) groups is 1. The Labute approximate surface area is 222 Å². The minimum Gasteiger partial charge on any atom is -0.444 e. The van der Waals surface area contributed by atoms with E-state index in [0.29, 0.717) is 6.54 Å². The van der Waals surface area contributed by atoms with Gasteiger partial charge in [0.2, 0.25) is 0 Å². The van der Waals surface area contributed by atoms with Gasteiger partial charge in [-0.2, -0.15) is 0 Å². The molecule has 4 rings (SSSR count). The molecule has 0 aromatic heterocycles. The topological polar surface area (TPSA) is 49.8 Å². The normalized spacial score (nSPS) is 16.4. The highest BCUT2D eigenvalue weighted by molar-refractivity contribution is 6.98. The van der Waals surface area contributed by atoms with Crippen LogP contribution in [0.15, 0.2) is 97.1 Å². The summed E-state index contributed by atoms with van der Waals surface area (Å²) in [5, 5.41) is 1.61. The second-order valence-corrected chi connectivity index (χ2v) is 15.5. The number of amides is 1. The summed E-state index contributed by atoms with van der Waals surface area (Å²) in [4.78, 5) is 27.6. The number of hydrogen-bond acceptors (Lipinski definition) is 3. The Hall–Kier alpha value is -3.15. The fourth-order valence-electron chi connectivity index (χ4n) is 5.27. The van der Waals surface area contributed by atoms with Crippen molar-refractivity contribution in [1.29, 1.82) is 0 Å². The molecule has 1 amide bonds. The van der Waals surface area contributed by atoms with Crippen LogP contribution in [0.5, 0.6) is 0 Å². The zero-order valence-corrected chi connectivity index (χ0v) is 23.6. The second kappa shape index (κ2) is 10.7. The molecule has 0 unspecified atom stereocenters. The molecule has 0 spiro atoms. The van der Waals surface area contributed by atoms with E-state index in [9.17, 15) is 9.59 Å². The minimum atomic E-state index is -3.12. The van der Waals surface area contributed by atoms with Crippen molar-refractivity contribution in [3.05, 3.63) is 103 Å². The average molecular weight is 514 g/mol.